The van der Waals surface area contributed by atoms with Crippen molar-refractivity contribution in [1.29, 1.82) is 0 Å². The van der Waals surface area contributed by atoms with Crippen LogP contribution in [-0.4, -0.2) is 30.1 Å². The van der Waals surface area contributed by atoms with Crippen LogP contribution in [0.4, 0.5) is 15.9 Å². The maximum absolute atomic E-state index is 14.9. The molecule has 8 heteroatoms. The SMILES string of the molecule is CC1=Cc2c(ccc(OC(N)=CC(N)=Nc3cc(C(C)(C)C)[nH]n3)c2F)[N+]1(C)C. The first-order valence-electron chi connectivity index (χ1n) is 9.30. The summed E-state index contributed by atoms with van der Waals surface area (Å²) < 4.78 is 20.9. The van der Waals surface area contributed by atoms with Crippen molar-refractivity contribution >= 4 is 23.4 Å². The van der Waals surface area contributed by atoms with Gasteiger partial charge in [-0.25, -0.2) is 9.38 Å². The number of ether oxygens (including phenoxy) is 1. The number of aliphatic imine (C=N–C) groups is 1. The molecule has 1 aliphatic rings. The van der Waals surface area contributed by atoms with Gasteiger partial charge in [-0.05, 0) is 6.07 Å². The van der Waals surface area contributed by atoms with Crippen molar-refractivity contribution in [3.05, 3.63) is 52.9 Å². The molecule has 1 aromatic carbocycles. The Balaban J connectivity index is 1.80. The van der Waals surface area contributed by atoms with Gasteiger partial charge in [-0.2, -0.15) is 5.10 Å². The zero-order chi connectivity index (χ0) is 21.6. The van der Waals surface area contributed by atoms with Crippen LogP contribution in [0.2, 0.25) is 0 Å². The van der Waals surface area contributed by atoms with E-state index in [1.165, 1.54) is 6.08 Å². The lowest BCUT2D eigenvalue weighted by Gasteiger charge is -2.25. The fraction of sp³-hybridized carbons (Fsp3) is 0.333. The highest BCUT2D eigenvalue weighted by molar-refractivity contribution is 5.93. The maximum atomic E-state index is 14.9. The monoisotopic (exact) mass is 399 g/mol. The van der Waals surface area contributed by atoms with Crippen LogP contribution >= 0.6 is 0 Å². The van der Waals surface area contributed by atoms with Gasteiger partial charge in [-0.1, -0.05) is 20.8 Å². The summed E-state index contributed by atoms with van der Waals surface area (Å²) in [7, 11) is 4.01. The van der Waals surface area contributed by atoms with Gasteiger partial charge in [0.1, 0.15) is 17.2 Å². The Bertz CT molecular complexity index is 1040. The van der Waals surface area contributed by atoms with Gasteiger partial charge in [0.15, 0.2) is 23.3 Å². The number of amidine groups is 1. The molecule has 1 aromatic heterocycles. The first-order chi connectivity index (χ1) is 13.4. The molecular weight excluding hydrogens is 371 g/mol. The Morgan fingerprint density at radius 1 is 1.28 bits per heavy atom. The highest BCUT2D eigenvalue weighted by atomic mass is 19.1. The summed E-state index contributed by atoms with van der Waals surface area (Å²) in [6, 6.07) is 5.22. The van der Waals surface area contributed by atoms with E-state index in [0.717, 1.165) is 17.1 Å². The minimum atomic E-state index is -0.459. The third-order valence-corrected chi connectivity index (χ3v) is 5.09. The number of rotatable bonds is 4. The van der Waals surface area contributed by atoms with Crippen molar-refractivity contribution < 1.29 is 9.13 Å². The Labute approximate surface area is 170 Å². The Morgan fingerprint density at radius 2 is 1.97 bits per heavy atom. The van der Waals surface area contributed by atoms with Crippen molar-refractivity contribution in [2.75, 3.05) is 14.1 Å². The molecule has 0 atom stereocenters. The average Bonchev–Trinajstić information content (AvgIpc) is 3.14. The molecule has 2 heterocycles. The third kappa shape index (κ3) is 4.02. The normalized spacial score (nSPS) is 16.6. The number of aromatic nitrogens is 2. The van der Waals surface area contributed by atoms with E-state index in [2.05, 4.69) is 36.0 Å². The van der Waals surface area contributed by atoms with E-state index >= 15 is 0 Å². The molecule has 0 aliphatic carbocycles. The molecule has 5 N–H and O–H groups in total. The molecular formula is C21H28FN6O+. The van der Waals surface area contributed by atoms with E-state index < -0.39 is 5.82 Å². The lowest BCUT2D eigenvalue weighted by atomic mass is 9.92. The first-order valence-corrected chi connectivity index (χ1v) is 9.30. The van der Waals surface area contributed by atoms with Crippen LogP contribution in [0, 0.1) is 5.82 Å². The lowest BCUT2D eigenvalue weighted by molar-refractivity contribution is 0.391. The predicted octanol–water partition coefficient (Wildman–Crippen LogP) is 3.66. The minimum Gasteiger partial charge on any atom is -0.438 e. The van der Waals surface area contributed by atoms with Crippen LogP contribution in [0.1, 0.15) is 39.0 Å². The van der Waals surface area contributed by atoms with Crippen LogP contribution in [0.3, 0.4) is 0 Å². The number of allylic oxidation sites excluding steroid dienone is 1. The van der Waals surface area contributed by atoms with Crippen molar-refractivity contribution in [1.82, 2.24) is 14.7 Å². The smallest absolute Gasteiger partial charge is 0.194 e. The maximum Gasteiger partial charge on any atom is 0.194 e. The molecule has 0 fully saturated rings. The number of hydrogen-bond donors (Lipinski definition) is 3. The summed E-state index contributed by atoms with van der Waals surface area (Å²) >= 11 is 0. The van der Waals surface area contributed by atoms with E-state index in [9.17, 15) is 4.39 Å². The van der Waals surface area contributed by atoms with Gasteiger partial charge in [0.2, 0.25) is 0 Å². The van der Waals surface area contributed by atoms with E-state index in [0.29, 0.717) is 15.9 Å². The summed E-state index contributed by atoms with van der Waals surface area (Å²) in [5.74, 6) is 0.0417. The Hall–Kier alpha value is -3.13. The second kappa shape index (κ2) is 7.04. The van der Waals surface area contributed by atoms with Gasteiger partial charge < -0.3 is 16.2 Å². The number of nitrogens with two attached hydrogens (primary N) is 2. The second-order valence-electron chi connectivity index (χ2n) is 8.62. The number of nitrogens with one attached hydrogen (secondary N) is 1. The van der Waals surface area contributed by atoms with E-state index in [4.69, 9.17) is 16.2 Å². The van der Waals surface area contributed by atoms with Crippen LogP contribution in [0.5, 0.6) is 5.75 Å². The standard InChI is InChI=1S/C21H28FN6O/c1-12-9-13-14(28(12,5)6)7-8-15(20(13)22)29-18(24)11-17(23)25-19-10-16(26-27-19)21(2,3)4/h7-11H,24H2,1-6H3,(H3,23,25,26,27)/q+1. The number of hydrogen-bond acceptors (Lipinski definition) is 4. The summed E-state index contributed by atoms with van der Waals surface area (Å²) in [6.45, 7) is 8.15. The molecule has 3 rings (SSSR count). The highest BCUT2D eigenvalue weighted by Crippen LogP contribution is 2.41. The fourth-order valence-electron chi connectivity index (χ4n) is 3.05. The van der Waals surface area contributed by atoms with Gasteiger partial charge in [0, 0.05) is 42.3 Å². The summed E-state index contributed by atoms with van der Waals surface area (Å²) in [5, 5.41) is 7.05. The second-order valence-corrected chi connectivity index (χ2v) is 8.62. The number of quaternary nitrogens is 1. The topological polar surface area (TPSA) is 102 Å². The zero-order valence-corrected chi connectivity index (χ0v) is 17.7. The Kier molecular flexibility index (Phi) is 5.00. The van der Waals surface area contributed by atoms with Gasteiger partial charge in [0.05, 0.1) is 19.7 Å². The molecule has 0 unspecified atom stereocenters. The summed E-state index contributed by atoms with van der Waals surface area (Å²) in [6.07, 6.45) is 3.15. The van der Waals surface area contributed by atoms with Crippen molar-refractivity contribution in [3.63, 3.8) is 0 Å². The molecule has 7 nitrogen and oxygen atoms in total. The number of H-pyrrole nitrogens is 1. The first kappa shape index (κ1) is 20.6. The molecule has 0 amide bonds. The molecule has 29 heavy (non-hydrogen) atoms. The van der Waals surface area contributed by atoms with Crippen LogP contribution in [0.25, 0.3) is 6.08 Å². The molecule has 0 spiro atoms. The number of fused-ring (bicyclic) bond motifs is 1. The van der Waals surface area contributed by atoms with Crippen molar-refractivity contribution in [2.45, 2.75) is 33.1 Å². The van der Waals surface area contributed by atoms with Gasteiger partial charge in [0.25, 0.3) is 0 Å². The molecule has 154 valence electrons. The average molecular weight is 399 g/mol. The molecule has 0 radical (unpaired) electrons. The Morgan fingerprint density at radius 3 is 2.59 bits per heavy atom. The molecule has 1 aliphatic heterocycles. The van der Waals surface area contributed by atoms with Gasteiger partial charge in [-0.3, -0.25) is 9.58 Å². The quantitative estimate of drug-likeness (QED) is 0.316. The number of nitrogens with zero attached hydrogens (tertiary/aromatic N) is 3. The highest BCUT2D eigenvalue weighted by Gasteiger charge is 2.34. The number of aromatic amines is 1. The van der Waals surface area contributed by atoms with Gasteiger partial charge >= 0.3 is 0 Å². The predicted molar refractivity (Wildman–Crippen MR) is 115 cm³/mol. The fourth-order valence-corrected chi connectivity index (χ4v) is 3.05. The van der Waals surface area contributed by atoms with Gasteiger partial charge in [-0.15, -0.1) is 0 Å². The summed E-state index contributed by atoms with van der Waals surface area (Å²) in [5.41, 5.74) is 15.1. The van der Waals surface area contributed by atoms with Crippen molar-refractivity contribution in [3.8, 4) is 5.75 Å². The van der Waals surface area contributed by atoms with Crippen LogP contribution in [-0.2, 0) is 5.41 Å². The van der Waals surface area contributed by atoms with E-state index in [-0.39, 0.29) is 22.9 Å². The van der Waals surface area contributed by atoms with E-state index in [1.54, 1.807) is 6.07 Å². The molecule has 0 bridgehead atoms. The van der Waals surface area contributed by atoms with Crippen molar-refractivity contribution in [2.24, 2.45) is 16.5 Å². The largest absolute Gasteiger partial charge is 0.438 e. The summed E-state index contributed by atoms with van der Waals surface area (Å²) in [4.78, 5) is 4.19. The van der Waals surface area contributed by atoms with Crippen LogP contribution < -0.4 is 20.7 Å². The van der Waals surface area contributed by atoms with Crippen LogP contribution in [0.15, 0.2) is 40.8 Å². The molecule has 0 saturated carbocycles. The molecule has 0 saturated heterocycles. The molecule has 2 aromatic rings. The minimum absolute atomic E-state index is 0.0334. The lowest BCUT2D eigenvalue weighted by Crippen LogP contribution is -2.35. The van der Waals surface area contributed by atoms with E-state index in [1.807, 2.05) is 39.2 Å². The number of benzene rings is 1. The zero-order valence-electron chi connectivity index (χ0n) is 17.7. The third-order valence-electron chi connectivity index (χ3n) is 5.09. The number of halogens is 1.